The lowest BCUT2D eigenvalue weighted by molar-refractivity contribution is -0.250. The molecule has 8 heteroatoms. The van der Waals surface area contributed by atoms with E-state index in [1.807, 2.05) is 0 Å². The predicted octanol–water partition coefficient (Wildman–Crippen LogP) is 1.12. The van der Waals surface area contributed by atoms with Crippen LogP contribution in [0.5, 0.6) is 0 Å². The highest BCUT2D eigenvalue weighted by Crippen LogP contribution is 2.33. The Balaban J connectivity index is 1.90. The Hall–Kier alpha value is -1.94. The lowest BCUT2D eigenvalue weighted by Crippen LogP contribution is -2.59. The summed E-state index contributed by atoms with van der Waals surface area (Å²) in [6.45, 7) is 2.42. The molecule has 6 atom stereocenters. The van der Waals surface area contributed by atoms with Crippen LogP contribution >= 0.6 is 0 Å². The second-order valence-corrected chi connectivity index (χ2v) is 7.37. The molecule has 0 radical (unpaired) electrons. The summed E-state index contributed by atoms with van der Waals surface area (Å²) in [5.74, 6) is -1.33. The Morgan fingerprint density at radius 1 is 0.931 bits per heavy atom. The van der Waals surface area contributed by atoms with E-state index in [0.717, 1.165) is 0 Å². The van der Waals surface area contributed by atoms with Gasteiger partial charge in [0.25, 0.3) is 0 Å². The Kier molecular flexibility index (Phi) is 6.33. The van der Waals surface area contributed by atoms with Crippen molar-refractivity contribution >= 4 is 0 Å². The molecule has 0 bridgehead atoms. The van der Waals surface area contributed by atoms with Crippen LogP contribution in [0.4, 0.5) is 8.78 Å². The minimum absolute atomic E-state index is 0.0693. The van der Waals surface area contributed by atoms with Crippen LogP contribution in [0.25, 0.3) is 11.1 Å². The van der Waals surface area contributed by atoms with Gasteiger partial charge in [0.15, 0.2) is 0 Å². The van der Waals surface area contributed by atoms with Gasteiger partial charge < -0.3 is 30.3 Å². The van der Waals surface area contributed by atoms with Crippen LogP contribution in [-0.4, -0.2) is 62.7 Å². The van der Waals surface area contributed by atoms with Gasteiger partial charge in [-0.15, -0.1) is 0 Å². The fraction of sp³-hybridized carbons (Fsp3) is 0.429. The molecule has 3 rings (SSSR count). The topological polar surface area (TPSA) is 110 Å². The molecule has 2 aromatic rings. The van der Waals surface area contributed by atoms with Crippen LogP contribution in [0.3, 0.4) is 0 Å². The molecule has 1 saturated heterocycles. The summed E-state index contributed by atoms with van der Waals surface area (Å²) in [5.41, 5.74) is 1.73. The van der Waals surface area contributed by atoms with Crippen molar-refractivity contribution in [2.45, 2.75) is 50.5 Å². The minimum Gasteiger partial charge on any atom is -0.394 e. The fourth-order valence-corrected chi connectivity index (χ4v) is 3.57. The van der Waals surface area contributed by atoms with Gasteiger partial charge in [0.2, 0.25) is 0 Å². The Bertz CT molecular complexity index is 864. The summed E-state index contributed by atoms with van der Waals surface area (Å²) >= 11 is 0. The molecule has 0 aliphatic carbocycles. The first-order valence-corrected chi connectivity index (χ1v) is 9.20. The molecular formula is C21H24F2O6. The van der Waals surface area contributed by atoms with Gasteiger partial charge in [0.05, 0.1) is 6.61 Å². The van der Waals surface area contributed by atoms with Crippen molar-refractivity contribution in [3.8, 4) is 11.1 Å². The van der Waals surface area contributed by atoms with Gasteiger partial charge in [-0.25, -0.2) is 8.78 Å². The van der Waals surface area contributed by atoms with E-state index in [-0.39, 0.29) is 5.56 Å². The zero-order valence-electron chi connectivity index (χ0n) is 16.0. The highest BCUT2D eigenvalue weighted by molar-refractivity contribution is 5.65. The monoisotopic (exact) mass is 410 g/mol. The van der Waals surface area contributed by atoms with E-state index in [1.165, 1.54) is 25.1 Å². The molecule has 0 amide bonds. The summed E-state index contributed by atoms with van der Waals surface area (Å²) < 4.78 is 33.1. The van der Waals surface area contributed by atoms with Gasteiger partial charge in [-0.1, -0.05) is 18.2 Å². The molecule has 1 aliphatic heterocycles. The Morgan fingerprint density at radius 2 is 1.55 bits per heavy atom. The van der Waals surface area contributed by atoms with E-state index < -0.39 is 54.9 Å². The number of benzene rings is 2. The van der Waals surface area contributed by atoms with Crippen molar-refractivity contribution < 1.29 is 39.1 Å². The number of aryl methyl sites for hydroxylation is 1. The maximum atomic E-state index is 13.9. The first-order valence-electron chi connectivity index (χ1n) is 9.20. The first kappa shape index (κ1) is 21.8. The average molecular weight is 410 g/mol. The van der Waals surface area contributed by atoms with Gasteiger partial charge >= 0.3 is 0 Å². The number of halogens is 2. The normalized spacial score (nSPS) is 28.4. The van der Waals surface area contributed by atoms with E-state index in [1.54, 1.807) is 19.1 Å². The molecule has 1 fully saturated rings. The van der Waals surface area contributed by atoms with Gasteiger partial charge in [-0.3, -0.25) is 0 Å². The van der Waals surface area contributed by atoms with Crippen molar-refractivity contribution in [2.75, 3.05) is 6.61 Å². The lowest BCUT2D eigenvalue weighted by atomic mass is 9.88. The summed E-state index contributed by atoms with van der Waals surface area (Å²) in [4.78, 5) is 0. The third-order valence-corrected chi connectivity index (χ3v) is 5.44. The molecule has 5 N–H and O–H groups in total. The van der Waals surface area contributed by atoms with Gasteiger partial charge in [-0.05, 0) is 48.2 Å². The highest BCUT2D eigenvalue weighted by Gasteiger charge is 2.46. The largest absolute Gasteiger partial charge is 0.394 e. The molecule has 158 valence electrons. The van der Waals surface area contributed by atoms with Crippen molar-refractivity contribution in [3.05, 3.63) is 58.7 Å². The van der Waals surface area contributed by atoms with E-state index in [2.05, 4.69) is 0 Å². The first-order chi connectivity index (χ1) is 13.6. The third-order valence-electron chi connectivity index (χ3n) is 5.44. The molecule has 2 unspecified atom stereocenters. The number of ether oxygens (including phenoxy) is 1. The minimum atomic E-state index is -1.60. The molecular weight excluding hydrogens is 386 g/mol. The average Bonchev–Trinajstić information content (AvgIpc) is 2.69. The van der Waals surface area contributed by atoms with Crippen LogP contribution in [0.15, 0.2) is 30.3 Å². The Morgan fingerprint density at radius 3 is 2.10 bits per heavy atom. The molecule has 2 aromatic carbocycles. The molecule has 1 aliphatic rings. The summed E-state index contributed by atoms with van der Waals surface area (Å²) in [6.07, 6.45) is -8.49. The zero-order chi connectivity index (χ0) is 21.5. The van der Waals surface area contributed by atoms with Crippen LogP contribution < -0.4 is 0 Å². The number of aliphatic hydroxyl groups excluding tert-OH is 5. The molecule has 6 nitrogen and oxygen atoms in total. The van der Waals surface area contributed by atoms with E-state index >= 15 is 0 Å². The van der Waals surface area contributed by atoms with Crippen molar-refractivity contribution in [1.82, 2.24) is 0 Å². The quantitative estimate of drug-likeness (QED) is 0.517. The number of aliphatic hydroxyl groups is 5. The van der Waals surface area contributed by atoms with E-state index in [4.69, 9.17) is 4.74 Å². The van der Waals surface area contributed by atoms with Crippen molar-refractivity contribution in [1.29, 1.82) is 0 Å². The highest BCUT2D eigenvalue weighted by atomic mass is 19.1. The van der Waals surface area contributed by atoms with E-state index in [0.29, 0.717) is 22.3 Å². The maximum Gasteiger partial charge on any atom is 0.129 e. The predicted molar refractivity (Wildman–Crippen MR) is 100.0 cm³/mol. The molecule has 1 heterocycles. The molecule has 0 aromatic heterocycles. The number of rotatable bonds is 4. The van der Waals surface area contributed by atoms with Gasteiger partial charge in [0.1, 0.15) is 48.3 Å². The maximum absolute atomic E-state index is 13.9. The smallest absolute Gasteiger partial charge is 0.129 e. The summed E-state index contributed by atoms with van der Waals surface area (Å²) in [5, 5.41) is 50.0. The second-order valence-electron chi connectivity index (χ2n) is 7.37. The molecule has 0 saturated carbocycles. The van der Waals surface area contributed by atoms with Gasteiger partial charge in [-0.2, -0.15) is 0 Å². The summed E-state index contributed by atoms with van der Waals surface area (Å²) in [7, 11) is 0. The standard InChI is InChI=1S/C21H24F2O6/c1-9-5-11(12-6-14(22)10(2)15(23)7-12)3-4-13(9)17(25)21-20(28)19(27)18(26)16(8-24)29-21/h3-7,16-21,24-28H,8H2,1-2H3/t16?,17-,18-,19+,20?,21-/m1/s1. The Labute approximate surface area is 166 Å². The van der Waals surface area contributed by atoms with Crippen LogP contribution in [-0.2, 0) is 4.74 Å². The number of hydrogen-bond acceptors (Lipinski definition) is 6. The van der Waals surface area contributed by atoms with E-state index in [9.17, 15) is 34.3 Å². The third kappa shape index (κ3) is 4.05. The molecule has 0 spiro atoms. The van der Waals surface area contributed by atoms with Crippen LogP contribution in [0.2, 0.25) is 0 Å². The summed E-state index contributed by atoms with van der Waals surface area (Å²) in [6, 6.07) is 7.18. The van der Waals surface area contributed by atoms with Crippen LogP contribution in [0, 0.1) is 25.5 Å². The SMILES string of the molecule is Cc1cc(-c2cc(F)c(C)c(F)c2)ccc1[C@@H](O)[C@H]1OC(CO)[C@@H](O)[C@H](O)C1O. The lowest BCUT2D eigenvalue weighted by Gasteiger charge is -2.42. The zero-order valence-corrected chi connectivity index (χ0v) is 16.0. The second kappa shape index (κ2) is 8.43. The fourth-order valence-electron chi connectivity index (χ4n) is 3.57. The van der Waals surface area contributed by atoms with Crippen molar-refractivity contribution in [3.63, 3.8) is 0 Å². The van der Waals surface area contributed by atoms with Crippen LogP contribution in [0.1, 0.15) is 22.8 Å². The van der Waals surface area contributed by atoms with Gasteiger partial charge in [0, 0.05) is 5.56 Å². The number of hydrogen-bond donors (Lipinski definition) is 5. The molecule has 29 heavy (non-hydrogen) atoms. The van der Waals surface area contributed by atoms with Crippen molar-refractivity contribution in [2.24, 2.45) is 0 Å².